The van der Waals surface area contributed by atoms with Gasteiger partial charge in [-0.1, -0.05) is 22.0 Å². The van der Waals surface area contributed by atoms with Crippen molar-refractivity contribution in [2.45, 2.75) is 38.1 Å². The van der Waals surface area contributed by atoms with E-state index in [1.807, 2.05) is 24.3 Å². The van der Waals surface area contributed by atoms with Gasteiger partial charge in [-0.25, -0.2) is 0 Å². The van der Waals surface area contributed by atoms with Crippen LogP contribution in [0.2, 0.25) is 0 Å². The molecule has 1 aromatic rings. The van der Waals surface area contributed by atoms with Gasteiger partial charge in [0.25, 0.3) is 0 Å². The molecule has 1 atom stereocenters. The fourth-order valence-electron chi connectivity index (χ4n) is 2.69. The predicted octanol–water partition coefficient (Wildman–Crippen LogP) is 3.07. The van der Waals surface area contributed by atoms with Gasteiger partial charge in [-0.05, 0) is 37.5 Å². The van der Waals surface area contributed by atoms with Crippen molar-refractivity contribution in [3.8, 4) is 5.75 Å². The van der Waals surface area contributed by atoms with E-state index in [9.17, 15) is 9.59 Å². The predicted molar refractivity (Wildman–Crippen MR) is 85.9 cm³/mol. The summed E-state index contributed by atoms with van der Waals surface area (Å²) in [5.74, 6) is -0.0453. The molecule has 0 radical (unpaired) electrons. The molecule has 0 saturated carbocycles. The average molecular weight is 370 g/mol. The zero-order chi connectivity index (χ0) is 15.9. The largest absolute Gasteiger partial charge is 0.494 e. The summed E-state index contributed by atoms with van der Waals surface area (Å²) in [6.07, 6.45) is 2.73. The molecule has 0 spiro atoms. The van der Waals surface area contributed by atoms with Crippen LogP contribution in [-0.2, 0) is 9.59 Å². The molecule has 1 N–H and O–H groups in total. The van der Waals surface area contributed by atoms with Gasteiger partial charge in [-0.15, -0.1) is 0 Å². The van der Waals surface area contributed by atoms with Gasteiger partial charge in [0.15, 0.2) is 0 Å². The molecular weight excluding hydrogens is 350 g/mol. The van der Waals surface area contributed by atoms with E-state index >= 15 is 0 Å². The number of carbonyl (C=O) groups excluding carboxylic acids is 1. The number of rotatable bonds is 7. The van der Waals surface area contributed by atoms with E-state index < -0.39 is 5.97 Å². The summed E-state index contributed by atoms with van der Waals surface area (Å²) in [7, 11) is 0. The molecule has 22 heavy (non-hydrogen) atoms. The second-order valence-corrected chi connectivity index (χ2v) is 6.31. The van der Waals surface area contributed by atoms with Crippen molar-refractivity contribution in [3.05, 3.63) is 28.7 Å². The van der Waals surface area contributed by atoms with Gasteiger partial charge in [0.2, 0.25) is 5.91 Å². The lowest BCUT2D eigenvalue weighted by Crippen LogP contribution is -2.36. The Kier molecular flexibility index (Phi) is 6.24. The van der Waals surface area contributed by atoms with Crippen molar-refractivity contribution in [2.24, 2.45) is 0 Å². The summed E-state index contributed by atoms with van der Waals surface area (Å²) >= 11 is 3.38. The van der Waals surface area contributed by atoms with Gasteiger partial charge in [-0.2, -0.15) is 0 Å². The van der Waals surface area contributed by atoms with Gasteiger partial charge in [0.05, 0.1) is 13.0 Å². The maximum atomic E-state index is 12.2. The molecule has 1 heterocycles. The molecule has 1 aliphatic rings. The highest BCUT2D eigenvalue weighted by Gasteiger charge is 2.29. The number of halogens is 1. The highest BCUT2D eigenvalue weighted by Crippen LogP contribution is 2.22. The summed E-state index contributed by atoms with van der Waals surface area (Å²) in [5.41, 5.74) is 0. The van der Waals surface area contributed by atoms with Crippen molar-refractivity contribution < 1.29 is 19.4 Å². The third kappa shape index (κ3) is 5.02. The van der Waals surface area contributed by atoms with Crippen LogP contribution in [-0.4, -0.2) is 41.1 Å². The van der Waals surface area contributed by atoms with E-state index in [1.165, 1.54) is 0 Å². The first kappa shape index (κ1) is 16.8. The third-order valence-corrected chi connectivity index (χ3v) is 4.20. The van der Waals surface area contributed by atoms with Crippen LogP contribution in [0.1, 0.15) is 32.1 Å². The molecule has 6 heteroatoms. The SMILES string of the molecule is O=C(O)CC1CCCN1C(=O)CCCOc1cccc(Br)c1. The van der Waals surface area contributed by atoms with Crippen LogP contribution in [0.25, 0.3) is 0 Å². The zero-order valence-electron chi connectivity index (χ0n) is 12.3. The number of carbonyl (C=O) groups is 2. The quantitative estimate of drug-likeness (QED) is 0.750. The normalized spacial score (nSPS) is 17.5. The second kappa shape index (κ2) is 8.17. The smallest absolute Gasteiger partial charge is 0.305 e. The first-order chi connectivity index (χ1) is 10.6. The van der Waals surface area contributed by atoms with Crippen LogP contribution in [0.15, 0.2) is 28.7 Å². The molecule has 1 amide bonds. The van der Waals surface area contributed by atoms with E-state index in [1.54, 1.807) is 4.90 Å². The number of nitrogens with zero attached hydrogens (tertiary/aromatic N) is 1. The van der Waals surface area contributed by atoms with Crippen molar-refractivity contribution >= 4 is 27.8 Å². The molecule has 1 aliphatic heterocycles. The van der Waals surface area contributed by atoms with E-state index in [4.69, 9.17) is 9.84 Å². The van der Waals surface area contributed by atoms with E-state index in [-0.39, 0.29) is 18.4 Å². The number of carboxylic acids is 1. The van der Waals surface area contributed by atoms with Gasteiger partial charge < -0.3 is 14.7 Å². The maximum absolute atomic E-state index is 12.2. The summed E-state index contributed by atoms with van der Waals surface area (Å²) in [4.78, 5) is 24.7. The van der Waals surface area contributed by atoms with E-state index in [0.29, 0.717) is 26.0 Å². The molecule has 1 aromatic carbocycles. The molecule has 2 rings (SSSR count). The number of amides is 1. The Morgan fingerprint density at radius 2 is 2.23 bits per heavy atom. The van der Waals surface area contributed by atoms with E-state index in [2.05, 4.69) is 15.9 Å². The zero-order valence-corrected chi connectivity index (χ0v) is 13.9. The maximum Gasteiger partial charge on any atom is 0.305 e. The average Bonchev–Trinajstić information content (AvgIpc) is 2.91. The molecule has 1 saturated heterocycles. The number of hydrogen-bond donors (Lipinski definition) is 1. The van der Waals surface area contributed by atoms with Crippen molar-refractivity contribution in [1.82, 2.24) is 4.90 Å². The van der Waals surface area contributed by atoms with Crippen molar-refractivity contribution in [1.29, 1.82) is 0 Å². The van der Waals surface area contributed by atoms with Crippen LogP contribution in [0.3, 0.4) is 0 Å². The Balaban J connectivity index is 1.72. The minimum Gasteiger partial charge on any atom is -0.494 e. The summed E-state index contributed by atoms with van der Waals surface area (Å²) in [6.45, 7) is 1.14. The van der Waals surface area contributed by atoms with E-state index in [0.717, 1.165) is 23.1 Å². The fraction of sp³-hybridized carbons (Fsp3) is 0.500. The lowest BCUT2D eigenvalue weighted by Gasteiger charge is -2.23. The number of benzene rings is 1. The molecule has 1 fully saturated rings. The Bertz CT molecular complexity index is 535. The lowest BCUT2D eigenvalue weighted by atomic mass is 10.1. The standard InChI is InChI=1S/C16H20BrNO4/c17-12-4-1-6-14(10-12)22-9-3-7-15(19)18-8-2-5-13(18)11-16(20)21/h1,4,6,10,13H,2-3,5,7-9,11H2,(H,20,21). The van der Waals surface area contributed by atoms with Crippen LogP contribution in [0, 0.1) is 0 Å². The lowest BCUT2D eigenvalue weighted by molar-refractivity contribution is -0.139. The molecule has 120 valence electrons. The topological polar surface area (TPSA) is 66.8 Å². The highest BCUT2D eigenvalue weighted by atomic mass is 79.9. The van der Waals surface area contributed by atoms with Crippen LogP contribution in [0.5, 0.6) is 5.75 Å². The van der Waals surface area contributed by atoms with Gasteiger partial charge in [0.1, 0.15) is 5.75 Å². The first-order valence-electron chi connectivity index (χ1n) is 7.46. The molecular formula is C16H20BrNO4. The molecule has 0 aromatic heterocycles. The van der Waals surface area contributed by atoms with Crippen LogP contribution >= 0.6 is 15.9 Å². The molecule has 5 nitrogen and oxygen atoms in total. The molecule has 1 unspecified atom stereocenters. The Morgan fingerprint density at radius 1 is 1.41 bits per heavy atom. The number of hydrogen-bond acceptors (Lipinski definition) is 3. The van der Waals surface area contributed by atoms with Crippen molar-refractivity contribution in [2.75, 3.05) is 13.2 Å². The fourth-order valence-corrected chi connectivity index (χ4v) is 3.07. The van der Waals surface area contributed by atoms with Gasteiger partial charge in [0, 0.05) is 23.5 Å². The highest BCUT2D eigenvalue weighted by molar-refractivity contribution is 9.10. The first-order valence-corrected chi connectivity index (χ1v) is 8.25. The number of aliphatic carboxylic acids is 1. The van der Waals surface area contributed by atoms with Gasteiger partial charge in [-0.3, -0.25) is 9.59 Å². The summed E-state index contributed by atoms with van der Waals surface area (Å²) in [6, 6.07) is 7.43. The number of likely N-dealkylation sites (tertiary alicyclic amines) is 1. The Morgan fingerprint density at radius 3 is 2.95 bits per heavy atom. The Labute approximate surface area is 138 Å². The minimum atomic E-state index is -0.845. The van der Waals surface area contributed by atoms with Crippen molar-refractivity contribution in [3.63, 3.8) is 0 Å². The summed E-state index contributed by atoms with van der Waals surface area (Å²) in [5, 5.41) is 8.87. The summed E-state index contributed by atoms with van der Waals surface area (Å²) < 4.78 is 6.55. The van der Waals surface area contributed by atoms with Crippen LogP contribution < -0.4 is 4.74 Å². The second-order valence-electron chi connectivity index (χ2n) is 5.39. The number of ether oxygens (including phenoxy) is 1. The third-order valence-electron chi connectivity index (χ3n) is 3.71. The van der Waals surface area contributed by atoms with Gasteiger partial charge >= 0.3 is 5.97 Å². The molecule has 0 aliphatic carbocycles. The molecule has 0 bridgehead atoms. The minimum absolute atomic E-state index is 0.0293. The van der Waals surface area contributed by atoms with Crippen LogP contribution in [0.4, 0.5) is 0 Å². The number of carboxylic acid groups (broad SMARTS) is 1. The Hall–Kier alpha value is -1.56. The monoisotopic (exact) mass is 369 g/mol.